The number of unbranched alkanes of at least 4 members (excludes halogenated alkanes) is 43. The second-order valence-electron chi connectivity index (χ2n) is 22.8. The number of esters is 1. The molecule has 0 saturated carbocycles. The van der Waals surface area contributed by atoms with Crippen LogP contribution in [0, 0.1) is 0 Å². The highest BCUT2D eigenvalue weighted by Crippen LogP contribution is 2.17. The van der Waals surface area contributed by atoms with E-state index in [1.165, 1.54) is 263 Å². The Morgan fingerprint density at radius 2 is 0.658 bits per heavy atom. The van der Waals surface area contributed by atoms with Crippen molar-refractivity contribution in [2.24, 2.45) is 0 Å². The molecule has 0 saturated heterocycles. The van der Waals surface area contributed by atoms with E-state index in [-0.39, 0.29) is 18.5 Å². The summed E-state index contributed by atoms with van der Waals surface area (Å²) in [4.78, 5) is 24.5. The second-order valence-corrected chi connectivity index (χ2v) is 22.8. The Balaban J connectivity index is 3.39. The number of carbonyl (C=O) groups excluding carboxylic acids is 2. The summed E-state index contributed by atoms with van der Waals surface area (Å²) < 4.78 is 5.49. The third-order valence-corrected chi connectivity index (χ3v) is 15.3. The van der Waals surface area contributed by atoms with Crippen molar-refractivity contribution in [3.8, 4) is 0 Å². The molecular formula is C70H129NO5. The van der Waals surface area contributed by atoms with Crippen LogP contribution in [0.15, 0.2) is 60.8 Å². The van der Waals surface area contributed by atoms with Gasteiger partial charge in [0, 0.05) is 12.8 Å². The van der Waals surface area contributed by atoms with Crippen molar-refractivity contribution in [2.45, 2.75) is 360 Å². The largest absolute Gasteiger partial charge is 0.466 e. The van der Waals surface area contributed by atoms with Gasteiger partial charge in [0.05, 0.1) is 25.4 Å². The molecule has 0 aromatic rings. The summed E-state index contributed by atoms with van der Waals surface area (Å²) in [6.07, 6.45) is 85.8. The molecule has 0 aliphatic rings. The molecule has 2 atom stereocenters. The molecule has 0 heterocycles. The second kappa shape index (κ2) is 65.1. The zero-order valence-corrected chi connectivity index (χ0v) is 50.7. The maximum absolute atomic E-state index is 12.4. The van der Waals surface area contributed by atoms with E-state index >= 15 is 0 Å². The maximum Gasteiger partial charge on any atom is 0.305 e. The minimum absolute atomic E-state index is 0.00470. The predicted octanol–water partition coefficient (Wildman–Crippen LogP) is 21.5. The van der Waals surface area contributed by atoms with Crippen molar-refractivity contribution in [3.05, 3.63) is 60.8 Å². The van der Waals surface area contributed by atoms with Gasteiger partial charge in [-0.25, -0.2) is 0 Å². The summed E-state index contributed by atoms with van der Waals surface area (Å²) in [6, 6.07) is -0.627. The van der Waals surface area contributed by atoms with E-state index < -0.39 is 12.1 Å². The summed E-state index contributed by atoms with van der Waals surface area (Å²) in [5.74, 6) is -0.0638. The number of aliphatic hydroxyl groups excluding tert-OH is 2. The van der Waals surface area contributed by atoms with E-state index in [9.17, 15) is 19.8 Å². The predicted molar refractivity (Wildman–Crippen MR) is 333 cm³/mol. The fourth-order valence-electron chi connectivity index (χ4n) is 10.1. The van der Waals surface area contributed by atoms with Gasteiger partial charge in [0.1, 0.15) is 0 Å². The van der Waals surface area contributed by atoms with Gasteiger partial charge in [-0.2, -0.15) is 0 Å². The summed E-state index contributed by atoms with van der Waals surface area (Å²) in [5.41, 5.74) is 0. The van der Waals surface area contributed by atoms with Gasteiger partial charge in [0.2, 0.25) is 5.91 Å². The van der Waals surface area contributed by atoms with Crippen molar-refractivity contribution in [3.63, 3.8) is 0 Å². The number of rotatable bonds is 62. The highest BCUT2D eigenvalue weighted by atomic mass is 16.5. The van der Waals surface area contributed by atoms with Gasteiger partial charge in [-0.3, -0.25) is 9.59 Å². The minimum atomic E-state index is -0.843. The van der Waals surface area contributed by atoms with Crippen LogP contribution in [-0.4, -0.2) is 47.4 Å². The Kier molecular flexibility index (Phi) is 63.0. The Bertz CT molecular complexity index is 1320. The maximum atomic E-state index is 12.4. The van der Waals surface area contributed by atoms with Crippen molar-refractivity contribution in [2.75, 3.05) is 13.2 Å². The average Bonchev–Trinajstić information content (AvgIpc) is 3.42. The first kappa shape index (κ1) is 73.6. The lowest BCUT2D eigenvalue weighted by atomic mass is 10.0. The SMILES string of the molecule is CCCCC/C=C\C/C=C\CCCCCCCCCC(=O)OCCCCCCCCCCC/C=C\C/C=C\CCCCCCCCCCCCCCCCCC(=O)NC(CO)C(O)/C=C/CCCCCCCCCCC. The molecule has 0 aliphatic carbocycles. The molecule has 0 aromatic heterocycles. The standard InChI is InChI=1S/C70H129NO5/c1-3-5-7-9-11-13-15-16-17-33-37-40-44-48-52-56-60-64-70(75)76-65-61-57-53-49-45-41-38-35-32-30-28-26-24-22-20-18-19-21-23-25-27-29-31-34-36-39-43-47-51-55-59-63-69(74)71-67(66-72)68(73)62-58-54-50-46-42-14-12-10-8-6-4-2/h11,13,16-17,20,22,26,28,58,62,67-68,72-73H,3-10,12,14-15,18-19,21,23-25,27,29-57,59-61,63-66H2,1-2H3,(H,71,74)/b13-11-,17-16-,22-20-,28-26-,62-58+. The molecule has 0 fully saturated rings. The smallest absolute Gasteiger partial charge is 0.305 e. The van der Waals surface area contributed by atoms with Gasteiger partial charge in [0.15, 0.2) is 0 Å². The first-order valence-corrected chi connectivity index (χ1v) is 33.6. The fraction of sp³-hybridized carbons (Fsp3) is 0.829. The Hall–Kier alpha value is -2.44. The number of nitrogens with one attached hydrogen (secondary N) is 1. The van der Waals surface area contributed by atoms with E-state index in [1.54, 1.807) is 6.08 Å². The molecule has 1 amide bonds. The Morgan fingerprint density at radius 1 is 0.368 bits per heavy atom. The van der Waals surface area contributed by atoms with E-state index in [4.69, 9.17) is 4.74 Å². The van der Waals surface area contributed by atoms with Crippen molar-refractivity contribution in [1.29, 1.82) is 0 Å². The molecule has 0 rings (SSSR count). The monoisotopic (exact) mass is 1060 g/mol. The zero-order chi connectivity index (χ0) is 55.0. The lowest BCUT2D eigenvalue weighted by Gasteiger charge is -2.20. The fourth-order valence-corrected chi connectivity index (χ4v) is 10.1. The lowest BCUT2D eigenvalue weighted by Crippen LogP contribution is -2.45. The molecule has 3 N–H and O–H groups in total. The van der Waals surface area contributed by atoms with Gasteiger partial charge in [-0.1, -0.05) is 299 Å². The van der Waals surface area contributed by atoms with Crippen LogP contribution in [0.2, 0.25) is 0 Å². The highest BCUT2D eigenvalue weighted by molar-refractivity contribution is 5.76. The lowest BCUT2D eigenvalue weighted by molar-refractivity contribution is -0.143. The third kappa shape index (κ3) is 60.8. The van der Waals surface area contributed by atoms with E-state index in [0.717, 1.165) is 57.8 Å². The molecule has 0 spiro atoms. The van der Waals surface area contributed by atoms with Crippen LogP contribution < -0.4 is 5.32 Å². The van der Waals surface area contributed by atoms with E-state index in [2.05, 4.69) is 67.8 Å². The Labute approximate surface area is 473 Å². The van der Waals surface area contributed by atoms with Crippen LogP contribution in [-0.2, 0) is 14.3 Å². The average molecular weight is 1060 g/mol. The molecule has 0 aromatic carbocycles. The number of allylic oxidation sites excluding steroid dienone is 9. The van der Waals surface area contributed by atoms with Crippen molar-refractivity contribution < 1.29 is 24.5 Å². The molecule has 2 unspecified atom stereocenters. The highest BCUT2D eigenvalue weighted by Gasteiger charge is 2.18. The van der Waals surface area contributed by atoms with Crippen molar-refractivity contribution >= 4 is 11.9 Å². The number of amides is 1. The molecule has 6 heteroatoms. The van der Waals surface area contributed by atoms with Crippen molar-refractivity contribution in [1.82, 2.24) is 5.32 Å². The van der Waals surface area contributed by atoms with E-state index in [0.29, 0.717) is 19.4 Å². The van der Waals surface area contributed by atoms with E-state index in [1.807, 2.05) is 6.08 Å². The summed E-state index contributed by atoms with van der Waals surface area (Å²) in [5, 5.41) is 23.0. The molecule has 6 nitrogen and oxygen atoms in total. The molecule has 444 valence electrons. The van der Waals surface area contributed by atoms with Crippen LogP contribution in [0.5, 0.6) is 0 Å². The normalized spacial score (nSPS) is 12.9. The zero-order valence-electron chi connectivity index (χ0n) is 50.7. The van der Waals surface area contributed by atoms with Gasteiger partial charge >= 0.3 is 5.97 Å². The van der Waals surface area contributed by atoms with Crippen LogP contribution in [0.4, 0.5) is 0 Å². The number of hydrogen-bond acceptors (Lipinski definition) is 5. The Morgan fingerprint density at radius 3 is 1.03 bits per heavy atom. The van der Waals surface area contributed by atoms with Gasteiger partial charge in [-0.05, 0) is 96.3 Å². The number of ether oxygens (including phenoxy) is 1. The van der Waals surface area contributed by atoms with Crippen LogP contribution >= 0.6 is 0 Å². The first-order chi connectivity index (χ1) is 37.5. The van der Waals surface area contributed by atoms with Crippen LogP contribution in [0.1, 0.15) is 348 Å². The molecule has 76 heavy (non-hydrogen) atoms. The van der Waals surface area contributed by atoms with Gasteiger partial charge < -0.3 is 20.3 Å². The third-order valence-electron chi connectivity index (χ3n) is 15.3. The summed E-state index contributed by atoms with van der Waals surface area (Å²) >= 11 is 0. The summed E-state index contributed by atoms with van der Waals surface area (Å²) in [7, 11) is 0. The topological polar surface area (TPSA) is 95.9 Å². The molecule has 0 aliphatic heterocycles. The molecular weight excluding hydrogens is 935 g/mol. The molecule has 0 radical (unpaired) electrons. The number of aliphatic hydroxyl groups is 2. The quantitative estimate of drug-likeness (QED) is 0.0320. The van der Waals surface area contributed by atoms with Crippen LogP contribution in [0.25, 0.3) is 0 Å². The summed E-state index contributed by atoms with van der Waals surface area (Å²) in [6.45, 7) is 4.87. The van der Waals surface area contributed by atoms with Gasteiger partial charge in [-0.15, -0.1) is 0 Å². The van der Waals surface area contributed by atoms with Gasteiger partial charge in [0.25, 0.3) is 0 Å². The first-order valence-electron chi connectivity index (χ1n) is 33.6. The number of carbonyl (C=O) groups is 2. The molecule has 0 bridgehead atoms. The number of hydrogen-bond donors (Lipinski definition) is 3. The van der Waals surface area contributed by atoms with Crippen LogP contribution in [0.3, 0.4) is 0 Å². The minimum Gasteiger partial charge on any atom is -0.466 e.